The van der Waals surface area contributed by atoms with E-state index in [1.54, 1.807) is 62.1 Å². The van der Waals surface area contributed by atoms with Crippen molar-refractivity contribution in [3.63, 3.8) is 0 Å². The molecule has 0 saturated carbocycles. The van der Waals surface area contributed by atoms with Gasteiger partial charge in [0, 0.05) is 33.4 Å². The number of amides is 4. The first kappa shape index (κ1) is 52.7. The third-order valence-corrected chi connectivity index (χ3v) is 12.7. The van der Waals surface area contributed by atoms with Crippen LogP contribution in [0.5, 0.6) is 0 Å². The van der Waals surface area contributed by atoms with E-state index >= 15 is 0 Å². The van der Waals surface area contributed by atoms with Gasteiger partial charge in [0.1, 0.15) is 12.1 Å². The lowest BCUT2D eigenvalue weighted by molar-refractivity contribution is -0.148. The average molecular weight is 878 g/mol. The molecule has 3 rings (SSSR count). The summed E-state index contributed by atoms with van der Waals surface area (Å²) in [4.78, 5) is 86.7. The standard InChI is InChI=1S/C49H75N5O9/c1-15-31(6)43(53(12)48(59)41(29(2)3)51-47(58)42(30(4)5)52(10)11)39(61-13)28-40(56)54-27-19-22-38(54)44(62-14)32(7)46(57)50-33(8)45(36-20-17-16-18-21-36)63-49(60)37-25-23-35(24-26-37)34(9)55/h16-18,20-21,23-26,29-33,38-39,41-45H,15,19,22,27-28H2,1-14H3,(H,50,57)(H,51,58)/t31?,32?,33?,38?,39?,41-,42?,43?,44+,45?/m0/s1. The Labute approximate surface area is 376 Å². The molecule has 1 heterocycles. The number of likely N-dealkylation sites (tertiary alicyclic amines) is 1. The van der Waals surface area contributed by atoms with Gasteiger partial charge in [-0.25, -0.2) is 4.79 Å². The van der Waals surface area contributed by atoms with Gasteiger partial charge in [-0.05, 0) is 76.2 Å². The molecule has 1 saturated heterocycles. The SMILES string of the molecule is CCC(C)C(C(CC(=O)N1CCCC1[C@H](OC)C(C)C(=O)NC(C)C(OC(=O)c1ccc(C(C)=O)cc1)c1ccccc1)OC)N(C)C(=O)[C@@H](NC(=O)C(C(C)C)N(C)C)C(C)C. The number of hydrogen-bond donors (Lipinski definition) is 2. The third kappa shape index (κ3) is 13.7. The topological polar surface area (TPSA) is 164 Å². The summed E-state index contributed by atoms with van der Waals surface area (Å²) in [6.45, 7) is 17.3. The smallest absolute Gasteiger partial charge is 0.338 e. The summed E-state index contributed by atoms with van der Waals surface area (Å²) in [7, 11) is 8.51. The maximum atomic E-state index is 14.4. The lowest BCUT2D eigenvalue weighted by atomic mass is 9.89. The number of likely N-dealkylation sites (N-methyl/N-ethyl adjacent to an activating group) is 2. The van der Waals surface area contributed by atoms with Gasteiger partial charge in [-0.15, -0.1) is 0 Å². The van der Waals surface area contributed by atoms with Crippen molar-refractivity contribution in [2.24, 2.45) is 23.7 Å². The number of nitrogens with zero attached hydrogens (tertiary/aromatic N) is 3. The van der Waals surface area contributed by atoms with Crippen LogP contribution in [0, 0.1) is 23.7 Å². The van der Waals surface area contributed by atoms with Crippen LogP contribution in [0.25, 0.3) is 0 Å². The molecule has 2 aromatic rings. The minimum absolute atomic E-state index is 0.00989. The molecule has 0 spiro atoms. The Balaban J connectivity index is 1.80. The molecule has 0 radical (unpaired) electrons. The van der Waals surface area contributed by atoms with E-state index in [2.05, 4.69) is 10.6 Å². The molecule has 0 bridgehead atoms. The minimum atomic E-state index is -0.843. The molecule has 2 aromatic carbocycles. The molecule has 8 unspecified atom stereocenters. The molecule has 10 atom stereocenters. The van der Waals surface area contributed by atoms with Gasteiger partial charge in [0.05, 0.1) is 54.3 Å². The number of Topliss-reactive ketones (excluding diaryl/α,β-unsaturated/α-hetero) is 1. The Morgan fingerprint density at radius 3 is 1.90 bits per heavy atom. The molecule has 0 aromatic heterocycles. The van der Waals surface area contributed by atoms with E-state index in [-0.39, 0.29) is 59.1 Å². The third-order valence-electron chi connectivity index (χ3n) is 12.7. The Kier molecular flexibility index (Phi) is 20.4. The number of methoxy groups -OCH3 is 2. The van der Waals surface area contributed by atoms with Gasteiger partial charge in [0.2, 0.25) is 23.6 Å². The maximum absolute atomic E-state index is 14.4. The van der Waals surface area contributed by atoms with Crippen molar-refractivity contribution in [1.29, 1.82) is 0 Å². The van der Waals surface area contributed by atoms with Crippen LogP contribution in [0.1, 0.15) is 120 Å². The van der Waals surface area contributed by atoms with Crippen molar-refractivity contribution >= 4 is 35.4 Å². The molecule has 1 aliphatic heterocycles. The van der Waals surface area contributed by atoms with E-state index in [4.69, 9.17) is 14.2 Å². The second-order valence-corrected chi connectivity index (χ2v) is 18.1. The molecule has 63 heavy (non-hydrogen) atoms. The van der Waals surface area contributed by atoms with Crippen LogP contribution in [0.3, 0.4) is 0 Å². The number of ether oxygens (including phenoxy) is 3. The molecule has 1 aliphatic rings. The van der Waals surface area contributed by atoms with Crippen LogP contribution < -0.4 is 10.6 Å². The highest BCUT2D eigenvalue weighted by atomic mass is 16.5. The summed E-state index contributed by atoms with van der Waals surface area (Å²) >= 11 is 0. The van der Waals surface area contributed by atoms with Crippen molar-refractivity contribution in [3.8, 4) is 0 Å². The predicted octanol–water partition coefficient (Wildman–Crippen LogP) is 5.94. The number of esters is 1. The summed E-state index contributed by atoms with van der Waals surface area (Å²) < 4.78 is 18.1. The normalized spacial score (nSPS) is 18.4. The summed E-state index contributed by atoms with van der Waals surface area (Å²) in [5.41, 5.74) is 1.43. The van der Waals surface area contributed by atoms with Crippen molar-refractivity contribution in [2.45, 2.75) is 137 Å². The number of nitrogens with one attached hydrogen (secondary N) is 2. The van der Waals surface area contributed by atoms with E-state index in [9.17, 15) is 28.8 Å². The van der Waals surface area contributed by atoms with E-state index < -0.39 is 60.4 Å². The fraction of sp³-hybridized carbons (Fsp3) is 0.633. The number of rotatable bonds is 23. The van der Waals surface area contributed by atoms with Crippen LogP contribution in [0.4, 0.5) is 0 Å². The molecule has 350 valence electrons. The summed E-state index contributed by atoms with van der Waals surface area (Å²) in [6, 6.07) is 12.6. The van der Waals surface area contributed by atoms with Gasteiger partial charge < -0.3 is 34.6 Å². The van der Waals surface area contributed by atoms with Gasteiger partial charge in [0.25, 0.3) is 0 Å². The van der Waals surface area contributed by atoms with E-state index in [0.717, 1.165) is 0 Å². The average Bonchev–Trinajstić information content (AvgIpc) is 3.73. The summed E-state index contributed by atoms with van der Waals surface area (Å²) in [5.74, 6) is -2.62. The van der Waals surface area contributed by atoms with Gasteiger partial charge >= 0.3 is 5.97 Å². The first-order valence-corrected chi connectivity index (χ1v) is 22.5. The lowest BCUT2D eigenvalue weighted by Crippen LogP contribution is -2.59. The van der Waals surface area contributed by atoms with Gasteiger partial charge in [-0.1, -0.05) is 97.4 Å². The largest absolute Gasteiger partial charge is 0.452 e. The quantitative estimate of drug-likeness (QED) is 0.101. The molecule has 2 N–H and O–H groups in total. The lowest BCUT2D eigenvalue weighted by Gasteiger charge is -2.41. The van der Waals surface area contributed by atoms with Gasteiger partial charge in [-0.3, -0.25) is 28.9 Å². The van der Waals surface area contributed by atoms with Crippen molar-refractivity contribution < 1.29 is 43.0 Å². The van der Waals surface area contributed by atoms with Gasteiger partial charge in [0.15, 0.2) is 5.78 Å². The minimum Gasteiger partial charge on any atom is -0.452 e. The fourth-order valence-corrected chi connectivity index (χ4v) is 8.97. The van der Waals surface area contributed by atoms with Gasteiger partial charge in [-0.2, -0.15) is 0 Å². The first-order chi connectivity index (χ1) is 29.7. The molecular weight excluding hydrogens is 803 g/mol. The van der Waals surface area contributed by atoms with Crippen LogP contribution >= 0.6 is 0 Å². The van der Waals surface area contributed by atoms with Crippen molar-refractivity contribution in [2.75, 3.05) is 41.9 Å². The van der Waals surface area contributed by atoms with E-state index in [0.29, 0.717) is 36.9 Å². The zero-order valence-corrected chi connectivity index (χ0v) is 40.2. The number of carbonyl (C=O) groups excluding carboxylic acids is 6. The van der Waals surface area contributed by atoms with Crippen LogP contribution in [0.15, 0.2) is 54.6 Å². The fourth-order valence-electron chi connectivity index (χ4n) is 8.97. The number of benzene rings is 2. The molecule has 14 nitrogen and oxygen atoms in total. The zero-order chi connectivity index (χ0) is 47.3. The first-order valence-electron chi connectivity index (χ1n) is 22.5. The highest BCUT2D eigenvalue weighted by Gasteiger charge is 2.43. The molecule has 1 fully saturated rings. The van der Waals surface area contributed by atoms with Crippen LogP contribution in [-0.4, -0.2) is 134 Å². The highest BCUT2D eigenvalue weighted by molar-refractivity contribution is 5.96. The zero-order valence-electron chi connectivity index (χ0n) is 40.2. The number of ketones is 1. The second kappa shape index (κ2) is 24.4. The van der Waals surface area contributed by atoms with Crippen LogP contribution in [0.2, 0.25) is 0 Å². The predicted molar refractivity (Wildman–Crippen MR) is 244 cm³/mol. The van der Waals surface area contributed by atoms with E-state index in [1.807, 2.05) is 90.9 Å². The second-order valence-electron chi connectivity index (χ2n) is 18.1. The van der Waals surface area contributed by atoms with Crippen molar-refractivity contribution in [3.05, 3.63) is 71.3 Å². The Morgan fingerprint density at radius 2 is 1.40 bits per heavy atom. The Bertz CT molecular complexity index is 1810. The van der Waals surface area contributed by atoms with Crippen molar-refractivity contribution in [1.82, 2.24) is 25.3 Å². The molecular formula is C49H75N5O9. The Morgan fingerprint density at radius 1 is 0.794 bits per heavy atom. The monoisotopic (exact) mass is 878 g/mol. The summed E-state index contributed by atoms with van der Waals surface area (Å²) in [6.07, 6.45) is -0.131. The number of carbonyl (C=O) groups is 6. The maximum Gasteiger partial charge on any atom is 0.338 e. The molecule has 14 heteroatoms. The molecule has 0 aliphatic carbocycles. The molecule has 4 amide bonds. The number of hydrogen-bond acceptors (Lipinski definition) is 10. The van der Waals surface area contributed by atoms with E-state index in [1.165, 1.54) is 14.0 Å². The van der Waals surface area contributed by atoms with Crippen LogP contribution in [-0.2, 0) is 33.4 Å². The summed E-state index contributed by atoms with van der Waals surface area (Å²) in [5, 5.41) is 6.09. The Hall–Kier alpha value is -4.66. The highest BCUT2D eigenvalue weighted by Crippen LogP contribution is 2.31.